The quantitative estimate of drug-likeness (QED) is 0.802. The van der Waals surface area contributed by atoms with Gasteiger partial charge in [-0.25, -0.2) is 0 Å². The second-order valence-electron chi connectivity index (χ2n) is 4.57. The van der Waals surface area contributed by atoms with Crippen LogP contribution in [0.1, 0.15) is 32.3 Å². The Morgan fingerprint density at radius 2 is 2.17 bits per heavy atom. The number of aliphatic hydroxyl groups is 1. The van der Waals surface area contributed by atoms with Crippen LogP contribution < -0.4 is 10.5 Å². The lowest BCUT2D eigenvalue weighted by atomic mass is 10.0. The van der Waals surface area contributed by atoms with Gasteiger partial charge in [-0.05, 0) is 49.9 Å². The smallest absolute Gasteiger partial charge is 0.122 e. The number of ether oxygens (including phenoxy) is 1. The van der Waals surface area contributed by atoms with Crippen molar-refractivity contribution in [1.29, 1.82) is 0 Å². The van der Waals surface area contributed by atoms with Gasteiger partial charge in [0.15, 0.2) is 0 Å². The summed E-state index contributed by atoms with van der Waals surface area (Å²) >= 11 is 5.99. The molecule has 0 bridgehead atoms. The molecule has 0 radical (unpaired) electrons. The second-order valence-corrected chi connectivity index (χ2v) is 5.00. The number of aryl methyl sites for hydroxylation is 1. The van der Waals surface area contributed by atoms with Gasteiger partial charge in [-0.2, -0.15) is 0 Å². The van der Waals surface area contributed by atoms with Crippen molar-refractivity contribution in [2.24, 2.45) is 5.73 Å². The molecule has 2 atom stereocenters. The van der Waals surface area contributed by atoms with E-state index < -0.39 is 6.10 Å². The number of benzene rings is 1. The summed E-state index contributed by atoms with van der Waals surface area (Å²) < 4.78 is 5.66. The fourth-order valence-electron chi connectivity index (χ4n) is 1.66. The van der Waals surface area contributed by atoms with Gasteiger partial charge in [-0.15, -0.1) is 0 Å². The van der Waals surface area contributed by atoms with Crippen molar-refractivity contribution in [2.75, 3.05) is 6.61 Å². The first-order valence-corrected chi connectivity index (χ1v) is 6.77. The minimum atomic E-state index is -0.497. The summed E-state index contributed by atoms with van der Waals surface area (Å²) in [6.07, 6.45) is 1.79. The van der Waals surface area contributed by atoms with Crippen LogP contribution in [0.15, 0.2) is 18.2 Å². The van der Waals surface area contributed by atoms with Crippen LogP contribution in [-0.2, 0) is 6.42 Å². The summed E-state index contributed by atoms with van der Waals surface area (Å²) in [6.45, 7) is 4.55. The van der Waals surface area contributed by atoms with Crippen LogP contribution in [0.3, 0.4) is 0 Å². The van der Waals surface area contributed by atoms with Crippen molar-refractivity contribution < 1.29 is 9.84 Å². The molecule has 0 amide bonds. The van der Waals surface area contributed by atoms with Gasteiger partial charge in [-0.3, -0.25) is 0 Å². The highest BCUT2D eigenvalue weighted by atomic mass is 35.5. The molecule has 0 spiro atoms. The fourth-order valence-corrected chi connectivity index (χ4v) is 1.86. The van der Waals surface area contributed by atoms with Crippen molar-refractivity contribution in [1.82, 2.24) is 0 Å². The number of nitrogens with two attached hydrogens (primary N) is 1. The van der Waals surface area contributed by atoms with Gasteiger partial charge >= 0.3 is 0 Å². The number of hydrogen-bond donors (Lipinski definition) is 2. The lowest BCUT2D eigenvalue weighted by molar-refractivity contribution is 0.141. The molecule has 3 nitrogen and oxygen atoms in total. The van der Waals surface area contributed by atoms with Crippen LogP contribution in [0.4, 0.5) is 0 Å². The minimum Gasteiger partial charge on any atom is -0.493 e. The molecule has 3 N–H and O–H groups in total. The van der Waals surface area contributed by atoms with E-state index in [0.717, 1.165) is 17.7 Å². The molecule has 0 aliphatic rings. The molecule has 0 heterocycles. The van der Waals surface area contributed by atoms with E-state index in [1.807, 2.05) is 18.2 Å². The molecule has 1 aromatic rings. The third-order valence-electron chi connectivity index (χ3n) is 2.80. The van der Waals surface area contributed by atoms with E-state index in [0.29, 0.717) is 24.5 Å². The average molecular weight is 272 g/mol. The van der Waals surface area contributed by atoms with Gasteiger partial charge in [-0.1, -0.05) is 18.5 Å². The second kappa shape index (κ2) is 7.62. The molecule has 1 rings (SSSR count). The van der Waals surface area contributed by atoms with E-state index in [1.54, 1.807) is 6.92 Å². The molecule has 0 aliphatic heterocycles. The Morgan fingerprint density at radius 3 is 2.78 bits per heavy atom. The Labute approximate surface area is 114 Å². The Balaban J connectivity index is 2.69. The first-order chi connectivity index (χ1) is 8.54. The monoisotopic (exact) mass is 271 g/mol. The van der Waals surface area contributed by atoms with Gasteiger partial charge < -0.3 is 15.6 Å². The molecule has 0 saturated carbocycles. The van der Waals surface area contributed by atoms with Crippen LogP contribution >= 0.6 is 11.6 Å². The van der Waals surface area contributed by atoms with E-state index in [9.17, 15) is 5.11 Å². The maximum atomic E-state index is 9.73. The van der Waals surface area contributed by atoms with Gasteiger partial charge in [0.25, 0.3) is 0 Å². The predicted octanol–water partition coefficient (Wildman–Crippen LogP) is 2.77. The number of rotatable bonds is 7. The Bertz CT molecular complexity index is 369. The highest BCUT2D eigenvalue weighted by molar-refractivity contribution is 6.30. The number of halogens is 1. The summed E-state index contributed by atoms with van der Waals surface area (Å²) in [4.78, 5) is 0. The van der Waals surface area contributed by atoms with Gasteiger partial charge in [0.05, 0.1) is 12.7 Å². The van der Waals surface area contributed by atoms with Gasteiger partial charge in [0.1, 0.15) is 5.75 Å². The van der Waals surface area contributed by atoms with E-state index in [1.165, 1.54) is 0 Å². The van der Waals surface area contributed by atoms with Crippen LogP contribution in [0.2, 0.25) is 5.02 Å². The molecular formula is C14H22ClNO2. The first-order valence-electron chi connectivity index (χ1n) is 6.39. The van der Waals surface area contributed by atoms with Crippen molar-refractivity contribution in [3.8, 4) is 5.75 Å². The summed E-state index contributed by atoms with van der Waals surface area (Å²) in [7, 11) is 0. The Morgan fingerprint density at radius 1 is 1.44 bits per heavy atom. The highest BCUT2D eigenvalue weighted by Gasteiger charge is 2.12. The van der Waals surface area contributed by atoms with Gasteiger partial charge in [0.2, 0.25) is 0 Å². The normalized spacial score (nSPS) is 14.3. The maximum absolute atomic E-state index is 9.73. The minimum absolute atomic E-state index is 0.218. The summed E-state index contributed by atoms with van der Waals surface area (Å²) in [5.74, 6) is 0.845. The van der Waals surface area contributed by atoms with Crippen LogP contribution in [0, 0.1) is 0 Å². The molecule has 4 heteroatoms. The fraction of sp³-hybridized carbons (Fsp3) is 0.571. The van der Waals surface area contributed by atoms with Crippen LogP contribution in [-0.4, -0.2) is 23.9 Å². The van der Waals surface area contributed by atoms with E-state index >= 15 is 0 Å². The molecule has 102 valence electrons. The summed E-state index contributed by atoms with van der Waals surface area (Å²) in [5.41, 5.74) is 6.66. The lowest BCUT2D eigenvalue weighted by Gasteiger charge is -2.16. The number of aliphatic hydroxyl groups excluding tert-OH is 1. The van der Waals surface area contributed by atoms with Gasteiger partial charge in [0, 0.05) is 11.1 Å². The molecule has 2 unspecified atom stereocenters. The topological polar surface area (TPSA) is 55.5 Å². The zero-order chi connectivity index (χ0) is 13.5. The van der Waals surface area contributed by atoms with Crippen LogP contribution in [0.5, 0.6) is 5.75 Å². The molecule has 18 heavy (non-hydrogen) atoms. The molecule has 0 saturated heterocycles. The van der Waals surface area contributed by atoms with E-state index in [4.69, 9.17) is 22.1 Å². The third-order valence-corrected chi connectivity index (χ3v) is 3.04. The maximum Gasteiger partial charge on any atom is 0.122 e. The van der Waals surface area contributed by atoms with Crippen molar-refractivity contribution in [3.05, 3.63) is 28.8 Å². The Kier molecular flexibility index (Phi) is 6.47. The largest absolute Gasteiger partial charge is 0.493 e. The molecular weight excluding hydrogens is 250 g/mol. The molecule has 1 aromatic carbocycles. The molecule has 0 fully saturated rings. The van der Waals surface area contributed by atoms with Crippen LogP contribution in [0.25, 0.3) is 0 Å². The molecule has 0 aromatic heterocycles. The standard InChI is InChI=1S/C14H22ClNO2/c1-3-8-18-14-7-5-12(15)9-11(14)4-6-13(17)10(2)16/h5,7,9-10,13,17H,3-4,6,8,16H2,1-2H3. The SMILES string of the molecule is CCCOc1ccc(Cl)cc1CCC(O)C(C)N. The highest BCUT2D eigenvalue weighted by Crippen LogP contribution is 2.25. The number of hydrogen-bond acceptors (Lipinski definition) is 3. The first kappa shape index (κ1) is 15.3. The summed E-state index contributed by atoms with van der Waals surface area (Å²) in [5, 5.41) is 10.4. The third kappa shape index (κ3) is 4.84. The Hall–Kier alpha value is -0.770. The predicted molar refractivity (Wildman–Crippen MR) is 75.2 cm³/mol. The van der Waals surface area contributed by atoms with Crippen molar-refractivity contribution >= 4 is 11.6 Å². The lowest BCUT2D eigenvalue weighted by Crippen LogP contribution is -2.31. The van der Waals surface area contributed by atoms with E-state index in [2.05, 4.69) is 6.92 Å². The van der Waals surface area contributed by atoms with Crippen molar-refractivity contribution in [2.45, 2.75) is 45.3 Å². The van der Waals surface area contributed by atoms with Crippen molar-refractivity contribution in [3.63, 3.8) is 0 Å². The van der Waals surface area contributed by atoms with E-state index in [-0.39, 0.29) is 6.04 Å². The average Bonchev–Trinajstić information content (AvgIpc) is 2.34. The zero-order valence-corrected chi connectivity index (χ0v) is 11.8. The zero-order valence-electron chi connectivity index (χ0n) is 11.0. The summed E-state index contributed by atoms with van der Waals surface area (Å²) in [6, 6.07) is 5.37. The molecule has 0 aliphatic carbocycles.